The SMILES string of the molecule is Cc1cccc(C(=O)NCC(C)(C)CN(C(=Nc2cccnc2)NC#N)c2ccccc2)c1. The number of pyridine rings is 1. The lowest BCUT2D eigenvalue weighted by atomic mass is 9.92. The van der Waals surface area contributed by atoms with Gasteiger partial charge in [0.05, 0.1) is 11.9 Å². The summed E-state index contributed by atoms with van der Waals surface area (Å²) in [5, 5.41) is 15.2. The van der Waals surface area contributed by atoms with Crippen molar-refractivity contribution >= 4 is 23.2 Å². The van der Waals surface area contributed by atoms with Crippen LogP contribution in [0.1, 0.15) is 29.8 Å². The van der Waals surface area contributed by atoms with Gasteiger partial charge in [-0.2, -0.15) is 5.26 Å². The van der Waals surface area contributed by atoms with E-state index in [1.807, 2.05) is 72.6 Å². The molecular formula is C26H28N6O. The molecule has 0 unspecified atom stereocenters. The average molecular weight is 441 g/mol. The minimum absolute atomic E-state index is 0.113. The van der Waals surface area contributed by atoms with Crippen LogP contribution >= 0.6 is 0 Å². The molecule has 3 rings (SSSR count). The zero-order valence-electron chi connectivity index (χ0n) is 19.1. The van der Waals surface area contributed by atoms with Crippen LogP contribution in [-0.4, -0.2) is 29.9 Å². The van der Waals surface area contributed by atoms with E-state index < -0.39 is 0 Å². The lowest BCUT2D eigenvalue weighted by Gasteiger charge is -2.34. The van der Waals surface area contributed by atoms with Crippen molar-refractivity contribution < 1.29 is 4.79 Å². The monoisotopic (exact) mass is 440 g/mol. The van der Waals surface area contributed by atoms with Gasteiger partial charge >= 0.3 is 0 Å². The number of aliphatic imine (C=N–C) groups is 1. The van der Waals surface area contributed by atoms with Crippen molar-refractivity contribution in [3.63, 3.8) is 0 Å². The summed E-state index contributed by atoms with van der Waals surface area (Å²) in [6.07, 6.45) is 5.29. The van der Waals surface area contributed by atoms with Gasteiger partial charge < -0.3 is 10.2 Å². The second-order valence-corrected chi connectivity index (χ2v) is 8.52. The molecule has 33 heavy (non-hydrogen) atoms. The number of guanidine groups is 1. The standard InChI is InChI=1S/C26H28N6O/c1-20-9-7-10-21(15-20)24(33)29-17-26(2,3)18-32(23-12-5-4-6-13-23)25(30-19-27)31-22-11-8-14-28-16-22/h4-16H,17-18H2,1-3H3,(H,29,33)(H,30,31). The Morgan fingerprint density at radius 2 is 1.91 bits per heavy atom. The molecule has 1 aromatic heterocycles. The summed E-state index contributed by atoms with van der Waals surface area (Å²) in [7, 11) is 0. The number of hydrogen-bond acceptors (Lipinski definition) is 4. The van der Waals surface area contributed by atoms with Crippen molar-refractivity contribution in [3.05, 3.63) is 90.3 Å². The van der Waals surface area contributed by atoms with E-state index in [9.17, 15) is 10.1 Å². The number of nitriles is 1. The van der Waals surface area contributed by atoms with E-state index in [-0.39, 0.29) is 11.3 Å². The van der Waals surface area contributed by atoms with Gasteiger partial charge in [-0.05, 0) is 43.3 Å². The highest BCUT2D eigenvalue weighted by Gasteiger charge is 2.26. The van der Waals surface area contributed by atoms with E-state index in [4.69, 9.17) is 0 Å². The van der Waals surface area contributed by atoms with Gasteiger partial charge in [-0.1, -0.05) is 49.7 Å². The molecule has 1 amide bonds. The van der Waals surface area contributed by atoms with Gasteiger partial charge in [0.2, 0.25) is 5.96 Å². The summed E-state index contributed by atoms with van der Waals surface area (Å²) in [4.78, 5) is 23.3. The van der Waals surface area contributed by atoms with Gasteiger partial charge in [0, 0.05) is 36.0 Å². The number of rotatable bonds is 7. The van der Waals surface area contributed by atoms with Crippen molar-refractivity contribution in [1.82, 2.24) is 15.6 Å². The number of aromatic nitrogens is 1. The summed E-state index contributed by atoms with van der Waals surface area (Å²) in [6.45, 7) is 7.03. The molecule has 1 heterocycles. The molecule has 0 aliphatic rings. The van der Waals surface area contributed by atoms with Gasteiger partial charge in [-0.3, -0.25) is 15.1 Å². The highest BCUT2D eigenvalue weighted by molar-refractivity contribution is 5.98. The molecule has 7 nitrogen and oxygen atoms in total. The summed E-state index contributed by atoms with van der Waals surface area (Å²) < 4.78 is 0. The van der Waals surface area contributed by atoms with Crippen LogP contribution in [0.4, 0.5) is 11.4 Å². The number of nitrogens with zero attached hydrogens (tertiary/aromatic N) is 4. The number of amides is 1. The van der Waals surface area contributed by atoms with Crippen LogP contribution in [0.2, 0.25) is 0 Å². The number of carbonyl (C=O) groups is 1. The lowest BCUT2D eigenvalue weighted by molar-refractivity contribution is 0.0938. The lowest BCUT2D eigenvalue weighted by Crippen LogP contribution is -2.48. The normalized spacial score (nSPS) is 11.4. The van der Waals surface area contributed by atoms with E-state index in [0.29, 0.717) is 30.3 Å². The molecule has 0 spiro atoms. The Morgan fingerprint density at radius 3 is 2.58 bits per heavy atom. The molecule has 0 radical (unpaired) electrons. The maximum atomic E-state index is 12.7. The van der Waals surface area contributed by atoms with Gasteiger partial charge in [-0.15, -0.1) is 0 Å². The predicted molar refractivity (Wildman–Crippen MR) is 131 cm³/mol. The van der Waals surface area contributed by atoms with Crippen molar-refractivity contribution in [2.45, 2.75) is 20.8 Å². The van der Waals surface area contributed by atoms with Crippen LogP contribution < -0.4 is 15.5 Å². The Morgan fingerprint density at radius 1 is 1.12 bits per heavy atom. The first-order chi connectivity index (χ1) is 15.9. The molecule has 2 aromatic carbocycles. The van der Waals surface area contributed by atoms with Gasteiger partial charge in [0.1, 0.15) is 0 Å². The Labute approximate surface area is 194 Å². The quantitative estimate of drug-likeness (QED) is 0.246. The summed E-state index contributed by atoms with van der Waals surface area (Å²) in [5.74, 6) is 0.271. The number of hydrogen-bond donors (Lipinski definition) is 2. The largest absolute Gasteiger partial charge is 0.351 e. The minimum atomic E-state index is -0.345. The molecular weight excluding hydrogens is 412 g/mol. The van der Waals surface area contributed by atoms with Crippen LogP contribution in [0.25, 0.3) is 0 Å². The van der Waals surface area contributed by atoms with Gasteiger partial charge in [0.15, 0.2) is 6.19 Å². The molecule has 0 saturated carbocycles. The van der Waals surface area contributed by atoms with E-state index in [0.717, 1.165) is 11.3 Å². The van der Waals surface area contributed by atoms with Crippen LogP contribution in [0.5, 0.6) is 0 Å². The zero-order chi connectivity index (χ0) is 23.7. The first-order valence-corrected chi connectivity index (χ1v) is 10.7. The highest BCUT2D eigenvalue weighted by Crippen LogP contribution is 2.23. The Hall–Kier alpha value is -4.18. The second kappa shape index (κ2) is 10.9. The smallest absolute Gasteiger partial charge is 0.251 e. The van der Waals surface area contributed by atoms with Crippen molar-refractivity contribution in [3.8, 4) is 6.19 Å². The number of benzene rings is 2. The second-order valence-electron chi connectivity index (χ2n) is 8.52. The Balaban J connectivity index is 1.84. The van der Waals surface area contributed by atoms with Gasteiger partial charge in [-0.25, -0.2) is 4.99 Å². The fraction of sp³-hybridized carbons (Fsp3) is 0.231. The molecule has 7 heteroatoms. The molecule has 0 bridgehead atoms. The third-order valence-electron chi connectivity index (χ3n) is 4.97. The molecule has 168 valence electrons. The molecule has 0 fully saturated rings. The van der Waals surface area contributed by atoms with E-state index in [1.54, 1.807) is 24.5 Å². The fourth-order valence-electron chi connectivity index (χ4n) is 3.34. The Kier molecular flexibility index (Phi) is 7.77. The number of nitrogens with one attached hydrogen (secondary N) is 2. The Bertz CT molecular complexity index is 1140. The summed E-state index contributed by atoms with van der Waals surface area (Å²) in [5.41, 5.74) is 2.83. The number of aryl methyl sites for hydroxylation is 1. The number of anilines is 1. The first-order valence-electron chi connectivity index (χ1n) is 10.7. The maximum absolute atomic E-state index is 12.7. The van der Waals surface area contributed by atoms with Crippen molar-refractivity contribution in [2.75, 3.05) is 18.0 Å². The zero-order valence-corrected chi connectivity index (χ0v) is 19.1. The van der Waals surface area contributed by atoms with Crippen LogP contribution in [-0.2, 0) is 0 Å². The van der Waals surface area contributed by atoms with Crippen LogP contribution in [0.3, 0.4) is 0 Å². The molecule has 0 aliphatic carbocycles. The van der Waals surface area contributed by atoms with E-state index in [1.165, 1.54) is 0 Å². The van der Waals surface area contributed by atoms with E-state index in [2.05, 4.69) is 34.5 Å². The topological polar surface area (TPSA) is 93.4 Å². The van der Waals surface area contributed by atoms with Crippen molar-refractivity contribution in [1.29, 1.82) is 5.26 Å². The minimum Gasteiger partial charge on any atom is -0.351 e. The first kappa shape index (κ1) is 23.5. The molecule has 3 aromatic rings. The van der Waals surface area contributed by atoms with E-state index >= 15 is 0 Å². The molecule has 2 N–H and O–H groups in total. The highest BCUT2D eigenvalue weighted by atomic mass is 16.1. The number of para-hydroxylation sites is 1. The predicted octanol–water partition coefficient (Wildman–Crippen LogP) is 4.41. The average Bonchev–Trinajstić information content (AvgIpc) is 2.82. The number of carbonyl (C=O) groups excluding carboxylic acids is 1. The van der Waals surface area contributed by atoms with Gasteiger partial charge in [0.25, 0.3) is 5.91 Å². The van der Waals surface area contributed by atoms with Crippen LogP contribution in [0, 0.1) is 23.8 Å². The fourth-order valence-corrected chi connectivity index (χ4v) is 3.34. The maximum Gasteiger partial charge on any atom is 0.251 e. The molecule has 0 saturated heterocycles. The molecule has 0 aliphatic heterocycles. The summed E-state index contributed by atoms with van der Waals surface area (Å²) in [6, 6.07) is 20.8. The van der Waals surface area contributed by atoms with Crippen LogP contribution in [0.15, 0.2) is 84.1 Å². The molecule has 0 atom stereocenters. The summed E-state index contributed by atoms with van der Waals surface area (Å²) >= 11 is 0. The third kappa shape index (κ3) is 6.91. The van der Waals surface area contributed by atoms with Crippen molar-refractivity contribution in [2.24, 2.45) is 10.4 Å². The third-order valence-corrected chi connectivity index (χ3v) is 4.97.